The summed E-state index contributed by atoms with van der Waals surface area (Å²) in [5.74, 6) is 0. The molecule has 3 nitrogen and oxygen atoms in total. The normalized spacial score (nSPS) is 17.6. The Kier molecular flexibility index (Phi) is 4.45. The molecule has 1 saturated heterocycles. The Morgan fingerprint density at radius 3 is 2.65 bits per heavy atom. The highest BCUT2D eigenvalue weighted by Crippen LogP contribution is 2.14. The van der Waals surface area contributed by atoms with Gasteiger partial charge in [0.1, 0.15) is 10.7 Å². The van der Waals surface area contributed by atoms with Gasteiger partial charge in [0.15, 0.2) is 0 Å². The molecule has 0 bridgehead atoms. The summed E-state index contributed by atoms with van der Waals surface area (Å²) >= 11 is 5.04. The van der Waals surface area contributed by atoms with Gasteiger partial charge in [0.2, 0.25) is 0 Å². The number of hydrogen-bond acceptors (Lipinski definition) is 3. The first-order chi connectivity index (χ1) is 8.27. The second-order valence-electron chi connectivity index (χ2n) is 4.57. The number of thiocarbonyl (C=S) groups is 1. The summed E-state index contributed by atoms with van der Waals surface area (Å²) in [6, 6.07) is 4.03. The molecular formula is C13H19N3S. The largest absolute Gasteiger partial charge is 0.388 e. The Hall–Kier alpha value is -1.00. The average molecular weight is 249 g/mol. The number of pyridine rings is 1. The highest BCUT2D eigenvalue weighted by atomic mass is 32.1. The smallest absolute Gasteiger partial charge is 0.123 e. The fraction of sp³-hybridized carbons (Fsp3) is 0.538. The second-order valence-corrected chi connectivity index (χ2v) is 5.01. The summed E-state index contributed by atoms with van der Waals surface area (Å²) < 4.78 is 0. The molecule has 1 aliphatic heterocycles. The van der Waals surface area contributed by atoms with Crippen molar-refractivity contribution < 1.29 is 0 Å². The Morgan fingerprint density at radius 1 is 1.29 bits per heavy atom. The van der Waals surface area contributed by atoms with Crippen molar-refractivity contribution in [3.05, 3.63) is 29.6 Å². The molecule has 0 amide bonds. The van der Waals surface area contributed by atoms with E-state index in [-0.39, 0.29) is 0 Å². The van der Waals surface area contributed by atoms with Gasteiger partial charge in [0, 0.05) is 12.7 Å². The van der Waals surface area contributed by atoms with Crippen molar-refractivity contribution in [2.75, 3.05) is 13.1 Å². The standard InChI is InChI=1S/C13H19N3S/c14-13(17)12-11(6-5-7-15-12)10-16-8-3-1-2-4-9-16/h5-7H,1-4,8-10H2,(H2,14,17). The van der Waals surface area contributed by atoms with Gasteiger partial charge in [-0.3, -0.25) is 9.88 Å². The van der Waals surface area contributed by atoms with Crippen LogP contribution in [0.2, 0.25) is 0 Å². The zero-order chi connectivity index (χ0) is 12.1. The fourth-order valence-electron chi connectivity index (χ4n) is 2.32. The topological polar surface area (TPSA) is 42.1 Å². The average Bonchev–Trinajstić information content (AvgIpc) is 2.58. The van der Waals surface area contributed by atoms with E-state index < -0.39 is 0 Å². The number of likely N-dealkylation sites (tertiary alicyclic amines) is 1. The number of hydrogen-bond donors (Lipinski definition) is 1. The fourth-order valence-corrected chi connectivity index (χ4v) is 2.51. The van der Waals surface area contributed by atoms with Gasteiger partial charge < -0.3 is 5.73 Å². The van der Waals surface area contributed by atoms with Crippen molar-refractivity contribution >= 4 is 17.2 Å². The minimum absolute atomic E-state index is 0.399. The molecule has 0 aromatic carbocycles. The lowest BCUT2D eigenvalue weighted by Gasteiger charge is -2.20. The van der Waals surface area contributed by atoms with Gasteiger partial charge in [-0.25, -0.2) is 0 Å². The van der Waals surface area contributed by atoms with Crippen molar-refractivity contribution in [3.63, 3.8) is 0 Å². The molecule has 2 N–H and O–H groups in total. The molecule has 92 valence electrons. The summed E-state index contributed by atoms with van der Waals surface area (Å²) in [6.45, 7) is 3.26. The van der Waals surface area contributed by atoms with E-state index >= 15 is 0 Å². The predicted molar refractivity (Wildman–Crippen MR) is 73.9 cm³/mol. The monoisotopic (exact) mass is 249 g/mol. The summed E-state index contributed by atoms with van der Waals surface area (Å²) in [4.78, 5) is 7.15. The first kappa shape index (κ1) is 12.5. The second kappa shape index (κ2) is 6.07. The first-order valence-corrected chi connectivity index (χ1v) is 6.64. The van der Waals surface area contributed by atoms with E-state index in [1.54, 1.807) is 6.20 Å². The van der Waals surface area contributed by atoms with Gasteiger partial charge in [0.25, 0.3) is 0 Å². The molecular weight excluding hydrogens is 230 g/mol. The molecule has 17 heavy (non-hydrogen) atoms. The van der Waals surface area contributed by atoms with E-state index in [2.05, 4.69) is 16.0 Å². The molecule has 0 saturated carbocycles. The van der Waals surface area contributed by atoms with Gasteiger partial charge in [-0.05, 0) is 37.6 Å². The van der Waals surface area contributed by atoms with Gasteiger partial charge in [-0.1, -0.05) is 31.1 Å². The molecule has 0 radical (unpaired) electrons. The lowest BCUT2D eigenvalue weighted by molar-refractivity contribution is 0.276. The highest BCUT2D eigenvalue weighted by molar-refractivity contribution is 7.80. The van der Waals surface area contributed by atoms with E-state index in [0.29, 0.717) is 4.99 Å². The van der Waals surface area contributed by atoms with Crippen LogP contribution in [0.15, 0.2) is 18.3 Å². The van der Waals surface area contributed by atoms with Gasteiger partial charge in [-0.15, -0.1) is 0 Å². The molecule has 1 aliphatic rings. The van der Waals surface area contributed by atoms with Crippen LogP contribution in [0, 0.1) is 0 Å². The van der Waals surface area contributed by atoms with E-state index in [4.69, 9.17) is 18.0 Å². The zero-order valence-corrected chi connectivity index (χ0v) is 10.9. The number of aromatic nitrogens is 1. The Morgan fingerprint density at radius 2 is 2.00 bits per heavy atom. The SMILES string of the molecule is NC(=S)c1ncccc1CN1CCCCCC1. The van der Waals surface area contributed by atoms with Gasteiger partial charge in [0.05, 0.1) is 0 Å². The predicted octanol–water partition coefficient (Wildman–Crippen LogP) is 2.09. The Bertz CT molecular complexity index is 384. The summed E-state index contributed by atoms with van der Waals surface area (Å²) in [5, 5.41) is 0. The van der Waals surface area contributed by atoms with Crippen LogP contribution < -0.4 is 5.73 Å². The molecule has 2 rings (SSSR count). The number of nitrogens with zero attached hydrogens (tertiary/aromatic N) is 2. The highest BCUT2D eigenvalue weighted by Gasteiger charge is 2.12. The molecule has 1 aromatic heterocycles. The van der Waals surface area contributed by atoms with Crippen molar-refractivity contribution in [3.8, 4) is 0 Å². The molecule has 2 heterocycles. The Labute approximate surface area is 108 Å². The van der Waals surface area contributed by atoms with Crippen molar-refractivity contribution in [2.24, 2.45) is 5.73 Å². The molecule has 0 aliphatic carbocycles. The zero-order valence-electron chi connectivity index (χ0n) is 10.1. The van der Waals surface area contributed by atoms with Crippen LogP contribution in [0.4, 0.5) is 0 Å². The van der Waals surface area contributed by atoms with E-state index in [0.717, 1.165) is 17.8 Å². The lowest BCUT2D eigenvalue weighted by Crippen LogP contribution is -2.26. The minimum Gasteiger partial charge on any atom is -0.388 e. The van der Waals surface area contributed by atoms with Crippen LogP contribution in [0.25, 0.3) is 0 Å². The van der Waals surface area contributed by atoms with E-state index in [9.17, 15) is 0 Å². The summed E-state index contributed by atoms with van der Waals surface area (Å²) in [7, 11) is 0. The Balaban J connectivity index is 2.09. The molecule has 0 spiro atoms. The third-order valence-corrected chi connectivity index (χ3v) is 3.41. The number of nitrogens with two attached hydrogens (primary N) is 1. The maximum absolute atomic E-state index is 5.70. The third kappa shape index (κ3) is 3.48. The quantitative estimate of drug-likeness (QED) is 0.833. The number of rotatable bonds is 3. The molecule has 1 fully saturated rings. The molecule has 4 heteroatoms. The minimum atomic E-state index is 0.399. The van der Waals surface area contributed by atoms with Crippen LogP contribution >= 0.6 is 12.2 Å². The van der Waals surface area contributed by atoms with Crippen molar-refractivity contribution in [2.45, 2.75) is 32.2 Å². The summed E-state index contributed by atoms with van der Waals surface area (Å²) in [5.41, 5.74) is 7.64. The summed E-state index contributed by atoms with van der Waals surface area (Å²) in [6.07, 6.45) is 7.04. The van der Waals surface area contributed by atoms with E-state index in [1.165, 1.54) is 38.8 Å². The third-order valence-electron chi connectivity index (χ3n) is 3.22. The van der Waals surface area contributed by atoms with Crippen LogP contribution in [-0.2, 0) is 6.54 Å². The maximum Gasteiger partial charge on any atom is 0.123 e. The van der Waals surface area contributed by atoms with Crippen LogP contribution in [0.3, 0.4) is 0 Å². The molecule has 0 atom stereocenters. The molecule has 1 aromatic rings. The van der Waals surface area contributed by atoms with Crippen LogP contribution in [-0.4, -0.2) is 28.0 Å². The molecule has 0 unspecified atom stereocenters. The maximum atomic E-state index is 5.70. The van der Waals surface area contributed by atoms with Crippen LogP contribution in [0.1, 0.15) is 36.9 Å². The van der Waals surface area contributed by atoms with Gasteiger partial charge >= 0.3 is 0 Å². The van der Waals surface area contributed by atoms with Gasteiger partial charge in [-0.2, -0.15) is 0 Å². The van der Waals surface area contributed by atoms with Crippen molar-refractivity contribution in [1.29, 1.82) is 0 Å². The van der Waals surface area contributed by atoms with Crippen molar-refractivity contribution in [1.82, 2.24) is 9.88 Å². The van der Waals surface area contributed by atoms with Crippen LogP contribution in [0.5, 0.6) is 0 Å². The lowest BCUT2D eigenvalue weighted by atomic mass is 10.1. The van der Waals surface area contributed by atoms with E-state index in [1.807, 2.05) is 6.07 Å². The first-order valence-electron chi connectivity index (χ1n) is 6.23.